The summed E-state index contributed by atoms with van der Waals surface area (Å²) in [5, 5.41) is 13.6. The molecule has 0 aliphatic heterocycles. The number of methoxy groups -OCH3 is 2. The predicted octanol–water partition coefficient (Wildman–Crippen LogP) is 2.68. The maximum atomic E-state index is 9.83. The van der Waals surface area contributed by atoms with Crippen LogP contribution in [0.5, 0.6) is 11.5 Å². The average molecular weight is 272 g/mol. The van der Waals surface area contributed by atoms with Gasteiger partial charge in [0.05, 0.1) is 37.1 Å². The van der Waals surface area contributed by atoms with Gasteiger partial charge in [0.25, 0.3) is 0 Å². The fourth-order valence-electron chi connectivity index (χ4n) is 2.28. The number of anilines is 1. The highest BCUT2D eigenvalue weighted by atomic mass is 35.5. The van der Waals surface area contributed by atoms with Gasteiger partial charge in [-0.2, -0.15) is 0 Å². The zero-order valence-electron chi connectivity index (χ0n) is 10.6. The lowest BCUT2D eigenvalue weighted by Crippen LogP contribution is -2.28. The maximum absolute atomic E-state index is 9.83. The third-order valence-corrected chi connectivity index (χ3v) is 3.59. The summed E-state index contributed by atoms with van der Waals surface area (Å²) in [4.78, 5) is 0. The first kappa shape index (κ1) is 13.3. The number of rotatable bonds is 4. The Morgan fingerprint density at radius 3 is 2.50 bits per heavy atom. The zero-order valence-corrected chi connectivity index (χ0v) is 11.3. The van der Waals surface area contributed by atoms with Crippen LogP contribution in [0.4, 0.5) is 5.69 Å². The molecule has 0 spiro atoms. The van der Waals surface area contributed by atoms with Crippen molar-refractivity contribution in [1.82, 2.24) is 0 Å². The number of hydrogen-bond donors (Lipinski definition) is 2. The van der Waals surface area contributed by atoms with Crippen LogP contribution >= 0.6 is 11.6 Å². The largest absolute Gasteiger partial charge is 0.495 e. The van der Waals surface area contributed by atoms with Crippen LogP contribution in [0.2, 0.25) is 5.02 Å². The van der Waals surface area contributed by atoms with E-state index in [4.69, 9.17) is 21.1 Å². The molecule has 0 bridgehead atoms. The molecule has 100 valence electrons. The van der Waals surface area contributed by atoms with Gasteiger partial charge in [-0.15, -0.1) is 0 Å². The quantitative estimate of drug-likeness (QED) is 0.884. The third kappa shape index (κ3) is 2.65. The summed E-state index contributed by atoms with van der Waals surface area (Å²) in [5.74, 6) is 1.24. The summed E-state index contributed by atoms with van der Waals surface area (Å²) in [6, 6.07) is 3.57. The van der Waals surface area contributed by atoms with Crippen LogP contribution in [0.15, 0.2) is 12.1 Å². The van der Waals surface area contributed by atoms with E-state index < -0.39 is 0 Å². The van der Waals surface area contributed by atoms with Gasteiger partial charge in [0, 0.05) is 12.1 Å². The molecule has 0 amide bonds. The molecule has 2 rings (SSSR count). The number of halogens is 1. The standard InChI is InChI=1S/C13H18ClNO3/c1-17-12-7-10(13(18-2)6-8(12)14)15-9-4-3-5-11(9)16/h6-7,9,11,15-16H,3-5H2,1-2H3. The van der Waals surface area contributed by atoms with Crippen LogP contribution in [-0.2, 0) is 0 Å². The first-order valence-electron chi connectivity index (χ1n) is 6.02. The summed E-state index contributed by atoms with van der Waals surface area (Å²) in [6.45, 7) is 0. The smallest absolute Gasteiger partial charge is 0.143 e. The van der Waals surface area contributed by atoms with E-state index >= 15 is 0 Å². The summed E-state index contributed by atoms with van der Waals surface area (Å²) < 4.78 is 10.5. The van der Waals surface area contributed by atoms with Crippen molar-refractivity contribution in [2.45, 2.75) is 31.4 Å². The van der Waals surface area contributed by atoms with Crippen molar-refractivity contribution in [2.24, 2.45) is 0 Å². The van der Waals surface area contributed by atoms with Crippen molar-refractivity contribution in [3.63, 3.8) is 0 Å². The molecule has 1 aromatic rings. The van der Waals surface area contributed by atoms with E-state index in [1.807, 2.05) is 0 Å². The van der Waals surface area contributed by atoms with Gasteiger partial charge < -0.3 is 19.9 Å². The van der Waals surface area contributed by atoms with Gasteiger partial charge in [-0.1, -0.05) is 11.6 Å². The molecule has 2 unspecified atom stereocenters. The number of hydrogen-bond acceptors (Lipinski definition) is 4. The molecule has 0 saturated heterocycles. The fourth-order valence-corrected chi connectivity index (χ4v) is 2.51. The molecule has 1 aliphatic rings. The fraction of sp³-hybridized carbons (Fsp3) is 0.538. The number of aliphatic hydroxyl groups is 1. The molecule has 1 saturated carbocycles. The highest BCUT2D eigenvalue weighted by molar-refractivity contribution is 6.32. The minimum Gasteiger partial charge on any atom is -0.495 e. The topological polar surface area (TPSA) is 50.7 Å². The van der Waals surface area contributed by atoms with Crippen LogP contribution < -0.4 is 14.8 Å². The summed E-state index contributed by atoms with van der Waals surface area (Å²) in [5.41, 5.74) is 0.796. The predicted molar refractivity (Wildman–Crippen MR) is 71.8 cm³/mol. The van der Waals surface area contributed by atoms with E-state index in [9.17, 15) is 5.11 Å². The normalized spacial score (nSPS) is 22.9. The number of aliphatic hydroxyl groups excluding tert-OH is 1. The van der Waals surface area contributed by atoms with Gasteiger partial charge in [-0.25, -0.2) is 0 Å². The summed E-state index contributed by atoms with van der Waals surface area (Å²) in [7, 11) is 3.16. The molecule has 2 atom stereocenters. The van der Waals surface area contributed by atoms with E-state index in [2.05, 4.69) is 5.32 Å². The first-order chi connectivity index (χ1) is 8.65. The Bertz CT molecular complexity index is 425. The van der Waals surface area contributed by atoms with E-state index in [1.54, 1.807) is 26.4 Å². The molecule has 0 radical (unpaired) electrons. The molecule has 2 N–H and O–H groups in total. The Hall–Kier alpha value is -1.13. The van der Waals surface area contributed by atoms with Crippen LogP contribution in [0, 0.1) is 0 Å². The lowest BCUT2D eigenvalue weighted by Gasteiger charge is -2.20. The lowest BCUT2D eigenvalue weighted by atomic mass is 10.2. The molecule has 18 heavy (non-hydrogen) atoms. The van der Waals surface area contributed by atoms with Crippen LogP contribution in [0.25, 0.3) is 0 Å². The van der Waals surface area contributed by atoms with Crippen LogP contribution in [0.1, 0.15) is 19.3 Å². The molecule has 5 heteroatoms. The molecule has 1 aliphatic carbocycles. The van der Waals surface area contributed by atoms with Crippen molar-refractivity contribution >= 4 is 17.3 Å². The van der Waals surface area contributed by atoms with E-state index in [0.717, 1.165) is 24.9 Å². The molecule has 1 fully saturated rings. The summed E-state index contributed by atoms with van der Waals surface area (Å²) >= 11 is 6.04. The lowest BCUT2D eigenvalue weighted by molar-refractivity contribution is 0.171. The second-order valence-electron chi connectivity index (χ2n) is 4.44. The Labute approximate surface area is 112 Å². The van der Waals surface area contributed by atoms with Crippen molar-refractivity contribution in [2.75, 3.05) is 19.5 Å². The Kier molecular flexibility index (Phi) is 4.19. The minimum atomic E-state index is -0.309. The molecular weight excluding hydrogens is 254 g/mol. The first-order valence-corrected chi connectivity index (χ1v) is 6.39. The molecular formula is C13H18ClNO3. The van der Waals surface area contributed by atoms with E-state index in [1.165, 1.54) is 0 Å². The van der Waals surface area contributed by atoms with Crippen molar-refractivity contribution in [3.05, 3.63) is 17.2 Å². The highest BCUT2D eigenvalue weighted by Gasteiger charge is 2.26. The van der Waals surface area contributed by atoms with E-state index in [0.29, 0.717) is 16.5 Å². The van der Waals surface area contributed by atoms with Gasteiger partial charge >= 0.3 is 0 Å². The number of ether oxygens (including phenoxy) is 2. The maximum Gasteiger partial charge on any atom is 0.143 e. The Morgan fingerprint density at radius 2 is 1.94 bits per heavy atom. The highest BCUT2D eigenvalue weighted by Crippen LogP contribution is 2.37. The molecule has 4 nitrogen and oxygen atoms in total. The third-order valence-electron chi connectivity index (χ3n) is 3.29. The van der Waals surface area contributed by atoms with Gasteiger partial charge in [-0.3, -0.25) is 0 Å². The minimum absolute atomic E-state index is 0.0600. The average Bonchev–Trinajstić information content (AvgIpc) is 2.76. The van der Waals surface area contributed by atoms with Crippen LogP contribution in [-0.4, -0.2) is 31.5 Å². The Balaban J connectivity index is 2.24. The zero-order chi connectivity index (χ0) is 13.1. The SMILES string of the molecule is COc1cc(NC2CCCC2O)c(OC)cc1Cl. The monoisotopic (exact) mass is 271 g/mol. The van der Waals surface area contributed by atoms with Gasteiger partial charge in [0.2, 0.25) is 0 Å². The molecule has 0 aromatic heterocycles. The second kappa shape index (κ2) is 5.67. The van der Waals surface area contributed by atoms with Crippen molar-refractivity contribution in [3.8, 4) is 11.5 Å². The second-order valence-corrected chi connectivity index (χ2v) is 4.84. The number of nitrogens with one attached hydrogen (secondary N) is 1. The van der Waals surface area contributed by atoms with Gasteiger partial charge in [0.1, 0.15) is 11.5 Å². The molecule has 0 heterocycles. The summed E-state index contributed by atoms with van der Waals surface area (Å²) in [6.07, 6.45) is 2.52. The van der Waals surface area contributed by atoms with Crippen molar-refractivity contribution in [1.29, 1.82) is 0 Å². The van der Waals surface area contributed by atoms with Crippen molar-refractivity contribution < 1.29 is 14.6 Å². The number of benzene rings is 1. The van der Waals surface area contributed by atoms with Gasteiger partial charge in [-0.05, 0) is 19.3 Å². The Morgan fingerprint density at radius 1 is 1.22 bits per heavy atom. The van der Waals surface area contributed by atoms with E-state index in [-0.39, 0.29) is 12.1 Å². The van der Waals surface area contributed by atoms with Crippen LogP contribution in [0.3, 0.4) is 0 Å². The van der Waals surface area contributed by atoms with Gasteiger partial charge in [0.15, 0.2) is 0 Å². The molecule has 1 aromatic carbocycles.